The quantitative estimate of drug-likeness (QED) is 0.833. The van der Waals surface area contributed by atoms with Crippen LogP contribution in [0, 0.1) is 5.92 Å². The zero-order valence-corrected chi connectivity index (χ0v) is 15.9. The number of amides is 1. The molecule has 5 nitrogen and oxygen atoms in total. The maximum atomic E-state index is 12.4. The van der Waals surface area contributed by atoms with Gasteiger partial charge in [-0.1, -0.05) is 28.1 Å². The van der Waals surface area contributed by atoms with E-state index in [0.29, 0.717) is 13.0 Å². The lowest BCUT2D eigenvalue weighted by atomic mass is 9.88. The van der Waals surface area contributed by atoms with Gasteiger partial charge in [-0.3, -0.25) is 4.90 Å². The Morgan fingerprint density at radius 2 is 1.88 bits per heavy atom. The highest BCUT2D eigenvalue weighted by molar-refractivity contribution is 9.10. The molecule has 2 rings (SSSR count). The third kappa shape index (κ3) is 5.23. The number of carbonyl (C=O) groups is 2. The summed E-state index contributed by atoms with van der Waals surface area (Å²) in [7, 11) is 0. The molecular weight excluding hydrogens is 374 g/mol. The van der Waals surface area contributed by atoms with Crippen molar-refractivity contribution >= 4 is 28.0 Å². The Balaban J connectivity index is 2.08. The average Bonchev–Trinajstić information content (AvgIpc) is 2.47. The zero-order valence-electron chi connectivity index (χ0n) is 14.3. The summed E-state index contributed by atoms with van der Waals surface area (Å²) in [5.74, 6) is -0.739. The lowest BCUT2D eigenvalue weighted by molar-refractivity contribution is -0.145. The lowest BCUT2D eigenvalue weighted by Crippen LogP contribution is -2.52. The molecule has 0 saturated carbocycles. The van der Waals surface area contributed by atoms with Crippen LogP contribution in [0.15, 0.2) is 28.7 Å². The van der Waals surface area contributed by atoms with Crippen molar-refractivity contribution in [2.24, 2.45) is 5.92 Å². The number of benzene rings is 1. The van der Waals surface area contributed by atoms with Gasteiger partial charge in [-0.25, -0.2) is 9.59 Å². The number of hydrogen-bond acceptors (Lipinski definition) is 3. The monoisotopic (exact) mass is 397 g/mol. The molecule has 1 fully saturated rings. The van der Waals surface area contributed by atoms with Crippen LogP contribution in [0.3, 0.4) is 0 Å². The van der Waals surface area contributed by atoms with Gasteiger partial charge in [0.1, 0.15) is 11.6 Å². The van der Waals surface area contributed by atoms with E-state index in [1.807, 2.05) is 24.3 Å². The van der Waals surface area contributed by atoms with E-state index in [1.54, 1.807) is 20.8 Å². The number of carboxylic acid groups (broad SMARTS) is 1. The fourth-order valence-electron chi connectivity index (χ4n) is 2.95. The number of likely N-dealkylation sites (tertiary alicyclic amines) is 1. The summed E-state index contributed by atoms with van der Waals surface area (Å²) in [5, 5.41) is 9.41. The Morgan fingerprint density at radius 3 is 2.42 bits per heavy atom. The second-order valence-corrected chi connectivity index (χ2v) is 8.18. The number of carbonyl (C=O) groups excluding carboxylic acids is 1. The summed E-state index contributed by atoms with van der Waals surface area (Å²) in [6, 6.07) is 7.27. The minimum Gasteiger partial charge on any atom is -0.480 e. The third-order valence-corrected chi connectivity index (χ3v) is 4.56. The van der Waals surface area contributed by atoms with Crippen molar-refractivity contribution in [3.63, 3.8) is 0 Å². The van der Waals surface area contributed by atoms with Gasteiger partial charge in [0.25, 0.3) is 0 Å². The van der Waals surface area contributed by atoms with Crippen LogP contribution in [0.5, 0.6) is 0 Å². The summed E-state index contributed by atoms with van der Waals surface area (Å²) in [6.45, 7) is 5.75. The molecule has 1 unspecified atom stereocenters. The molecule has 2 atom stereocenters. The van der Waals surface area contributed by atoms with Crippen LogP contribution in [-0.2, 0) is 16.0 Å². The molecule has 24 heavy (non-hydrogen) atoms. The van der Waals surface area contributed by atoms with Crippen molar-refractivity contribution in [2.45, 2.75) is 51.7 Å². The fourth-order valence-corrected chi connectivity index (χ4v) is 3.21. The Kier molecular flexibility index (Phi) is 5.91. The second-order valence-electron chi connectivity index (χ2n) is 7.26. The SMILES string of the molecule is CC(C)(C)OC(=O)N1C[C@H](Cc2ccc(Br)cc2)CCC1C(=O)O. The second kappa shape index (κ2) is 7.55. The van der Waals surface area contributed by atoms with Gasteiger partial charge in [0.05, 0.1) is 0 Å². The number of hydrogen-bond donors (Lipinski definition) is 1. The van der Waals surface area contributed by atoms with E-state index in [0.717, 1.165) is 17.3 Å². The number of piperidine rings is 1. The van der Waals surface area contributed by atoms with Gasteiger partial charge in [-0.15, -0.1) is 0 Å². The highest BCUT2D eigenvalue weighted by Crippen LogP contribution is 2.27. The molecular formula is C18H24BrNO4. The first-order chi connectivity index (χ1) is 11.2. The molecule has 1 aliphatic heterocycles. The molecule has 0 aliphatic carbocycles. The maximum absolute atomic E-state index is 12.4. The largest absolute Gasteiger partial charge is 0.480 e. The van der Waals surface area contributed by atoms with Crippen LogP contribution in [-0.4, -0.2) is 40.3 Å². The molecule has 1 aromatic carbocycles. The molecule has 0 spiro atoms. The van der Waals surface area contributed by atoms with Crippen LogP contribution in [0.2, 0.25) is 0 Å². The molecule has 1 saturated heterocycles. The number of rotatable bonds is 3. The Morgan fingerprint density at radius 1 is 1.25 bits per heavy atom. The van der Waals surface area contributed by atoms with Crippen LogP contribution in [0.4, 0.5) is 4.79 Å². The molecule has 0 aromatic heterocycles. The first kappa shape index (κ1) is 18.8. The number of ether oxygens (including phenoxy) is 1. The van der Waals surface area contributed by atoms with E-state index in [9.17, 15) is 14.7 Å². The van der Waals surface area contributed by atoms with Gasteiger partial charge in [0.2, 0.25) is 0 Å². The van der Waals surface area contributed by atoms with Crippen molar-refractivity contribution in [3.8, 4) is 0 Å². The van der Waals surface area contributed by atoms with E-state index in [4.69, 9.17) is 4.74 Å². The molecule has 1 amide bonds. The molecule has 0 bridgehead atoms. The molecule has 1 N–H and O–H groups in total. The molecule has 1 aliphatic rings. The zero-order chi connectivity index (χ0) is 17.9. The third-order valence-electron chi connectivity index (χ3n) is 4.03. The normalized spacial score (nSPS) is 21.4. The Labute approximate surface area is 151 Å². The smallest absolute Gasteiger partial charge is 0.411 e. The van der Waals surface area contributed by atoms with Gasteiger partial charge in [-0.2, -0.15) is 0 Å². The predicted octanol–water partition coefficient (Wildman–Crippen LogP) is 4.09. The first-order valence-corrected chi connectivity index (χ1v) is 8.92. The summed E-state index contributed by atoms with van der Waals surface area (Å²) in [6.07, 6.45) is 1.51. The number of aliphatic carboxylic acids is 1. The van der Waals surface area contributed by atoms with Gasteiger partial charge in [0, 0.05) is 11.0 Å². The fraction of sp³-hybridized carbons (Fsp3) is 0.556. The van der Waals surface area contributed by atoms with E-state index in [-0.39, 0.29) is 5.92 Å². The minimum absolute atomic E-state index is 0.231. The molecule has 6 heteroatoms. The van der Waals surface area contributed by atoms with E-state index in [1.165, 1.54) is 10.5 Å². The Hall–Kier alpha value is -1.56. The van der Waals surface area contributed by atoms with E-state index < -0.39 is 23.7 Å². The average molecular weight is 398 g/mol. The molecule has 1 heterocycles. The van der Waals surface area contributed by atoms with Crippen molar-refractivity contribution in [3.05, 3.63) is 34.3 Å². The van der Waals surface area contributed by atoms with Gasteiger partial charge in [0.15, 0.2) is 0 Å². The standard InChI is InChI=1S/C18H24BrNO4/c1-18(2,3)24-17(23)20-11-13(6-9-15(20)16(21)22)10-12-4-7-14(19)8-5-12/h4-5,7-8,13,15H,6,9-11H2,1-3H3,(H,21,22)/t13-,15?/m0/s1. The number of nitrogens with zero attached hydrogens (tertiary/aromatic N) is 1. The highest BCUT2D eigenvalue weighted by Gasteiger charge is 2.38. The Bertz CT molecular complexity index is 594. The number of halogens is 1. The predicted molar refractivity (Wildman–Crippen MR) is 94.9 cm³/mol. The van der Waals surface area contributed by atoms with Crippen LogP contribution in [0.25, 0.3) is 0 Å². The summed E-state index contributed by atoms with van der Waals surface area (Å²) in [5.41, 5.74) is 0.541. The topological polar surface area (TPSA) is 66.8 Å². The highest BCUT2D eigenvalue weighted by atomic mass is 79.9. The lowest BCUT2D eigenvalue weighted by Gasteiger charge is -2.38. The summed E-state index contributed by atoms with van der Waals surface area (Å²) < 4.78 is 6.41. The summed E-state index contributed by atoms with van der Waals surface area (Å²) in [4.78, 5) is 25.3. The van der Waals surface area contributed by atoms with Crippen LogP contribution in [0.1, 0.15) is 39.2 Å². The molecule has 132 valence electrons. The van der Waals surface area contributed by atoms with Gasteiger partial charge >= 0.3 is 12.1 Å². The first-order valence-electron chi connectivity index (χ1n) is 8.12. The van der Waals surface area contributed by atoms with Crippen molar-refractivity contribution in [1.82, 2.24) is 4.90 Å². The van der Waals surface area contributed by atoms with Gasteiger partial charge < -0.3 is 9.84 Å². The number of carboxylic acids is 1. The van der Waals surface area contributed by atoms with Crippen molar-refractivity contribution in [1.29, 1.82) is 0 Å². The van der Waals surface area contributed by atoms with E-state index in [2.05, 4.69) is 15.9 Å². The van der Waals surface area contributed by atoms with Crippen LogP contribution >= 0.6 is 15.9 Å². The molecule has 1 aromatic rings. The van der Waals surface area contributed by atoms with Gasteiger partial charge in [-0.05, 0) is 63.6 Å². The van der Waals surface area contributed by atoms with E-state index >= 15 is 0 Å². The van der Waals surface area contributed by atoms with Crippen molar-refractivity contribution in [2.75, 3.05) is 6.54 Å². The van der Waals surface area contributed by atoms with Crippen LogP contribution < -0.4 is 0 Å². The minimum atomic E-state index is -0.969. The van der Waals surface area contributed by atoms with Crippen molar-refractivity contribution < 1.29 is 19.4 Å². The maximum Gasteiger partial charge on any atom is 0.411 e. The molecule has 0 radical (unpaired) electrons. The summed E-state index contributed by atoms with van der Waals surface area (Å²) >= 11 is 3.42.